The zero-order valence-electron chi connectivity index (χ0n) is 11.4. The van der Waals surface area contributed by atoms with Crippen LogP contribution in [0.3, 0.4) is 0 Å². The van der Waals surface area contributed by atoms with Crippen LogP contribution in [-0.2, 0) is 10.0 Å². The summed E-state index contributed by atoms with van der Waals surface area (Å²) in [5, 5.41) is 0. The first kappa shape index (κ1) is 15.7. The third-order valence-corrected chi connectivity index (χ3v) is 6.03. The molecular weight excluding hydrogens is 301 g/mol. The van der Waals surface area contributed by atoms with Gasteiger partial charge < -0.3 is 0 Å². The number of alkyl halides is 1. The van der Waals surface area contributed by atoms with Gasteiger partial charge in [-0.3, -0.25) is 0 Å². The Morgan fingerprint density at radius 3 is 2.60 bits per heavy atom. The summed E-state index contributed by atoms with van der Waals surface area (Å²) in [6, 6.07) is 5.02. The van der Waals surface area contributed by atoms with Crippen molar-refractivity contribution < 1.29 is 12.8 Å². The van der Waals surface area contributed by atoms with Gasteiger partial charge in [0.1, 0.15) is 5.82 Å². The minimum absolute atomic E-state index is 0.0550. The molecule has 0 heterocycles. The molecule has 0 atom stereocenters. The zero-order valence-corrected chi connectivity index (χ0v) is 13.0. The van der Waals surface area contributed by atoms with Crippen molar-refractivity contribution in [3.63, 3.8) is 0 Å². The van der Waals surface area contributed by atoms with Gasteiger partial charge in [-0.2, -0.15) is 0 Å². The fraction of sp³-hybridized carbons (Fsp3) is 0.571. The SMILES string of the molecule is CC1CCC(CCl)(NS(=O)(=O)c2cccc(F)c2)CC1. The van der Waals surface area contributed by atoms with Crippen LogP contribution in [0.1, 0.15) is 32.6 Å². The lowest BCUT2D eigenvalue weighted by atomic mass is 9.79. The van der Waals surface area contributed by atoms with Crippen LogP contribution in [0.25, 0.3) is 0 Å². The number of nitrogens with one attached hydrogen (secondary N) is 1. The molecule has 1 fully saturated rings. The molecule has 1 aromatic rings. The molecule has 1 N–H and O–H groups in total. The third-order valence-electron chi connectivity index (χ3n) is 3.94. The normalized spacial score (nSPS) is 27.4. The Hall–Kier alpha value is -0.650. The molecule has 1 aliphatic rings. The monoisotopic (exact) mass is 319 g/mol. The third kappa shape index (κ3) is 3.51. The van der Waals surface area contributed by atoms with E-state index in [0.29, 0.717) is 18.8 Å². The maximum Gasteiger partial charge on any atom is 0.241 e. The maximum atomic E-state index is 13.2. The van der Waals surface area contributed by atoms with Crippen LogP contribution in [0.5, 0.6) is 0 Å². The van der Waals surface area contributed by atoms with Crippen molar-refractivity contribution >= 4 is 21.6 Å². The van der Waals surface area contributed by atoms with Gasteiger partial charge in [0.2, 0.25) is 10.0 Å². The quantitative estimate of drug-likeness (QED) is 0.866. The zero-order chi connectivity index (χ0) is 14.8. The van der Waals surface area contributed by atoms with Gasteiger partial charge in [0.15, 0.2) is 0 Å². The van der Waals surface area contributed by atoms with E-state index in [1.807, 2.05) is 0 Å². The van der Waals surface area contributed by atoms with Gasteiger partial charge in [-0.1, -0.05) is 13.0 Å². The van der Waals surface area contributed by atoms with E-state index in [0.717, 1.165) is 18.9 Å². The summed E-state index contributed by atoms with van der Waals surface area (Å²) in [6.45, 7) is 2.15. The second-order valence-corrected chi connectivity index (χ2v) is 7.61. The van der Waals surface area contributed by atoms with Crippen LogP contribution in [0, 0.1) is 11.7 Å². The second-order valence-electron chi connectivity index (χ2n) is 5.66. The summed E-state index contributed by atoms with van der Waals surface area (Å²) in [4.78, 5) is -0.0550. The van der Waals surface area contributed by atoms with Gasteiger partial charge in [0.05, 0.1) is 4.90 Å². The van der Waals surface area contributed by atoms with Crippen molar-refractivity contribution in [1.82, 2.24) is 4.72 Å². The number of sulfonamides is 1. The molecule has 0 unspecified atom stereocenters. The largest absolute Gasteiger partial charge is 0.241 e. The molecule has 0 amide bonds. The summed E-state index contributed by atoms with van der Waals surface area (Å²) in [7, 11) is -3.74. The Morgan fingerprint density at radius 1 is 1.40 bits per heavy atom. The molecule has 0 radical (unpaired) electrons. The summed E-state index contributed by atoms with van der Waals surface area (Å²) in [6.07, 6.45) is 3.31. The molecule has 3 nitrogen and oxygen atoms in total. The fourth-order valence-corrected chi connectivity index (χ4v) is 4.46. The molecule has 0 aliphatic heterocycles. The minimum Gasteiger partial charge on any atom is -0.207 e. The molecule has 1 saturated carbocycles. The molecule has 2 rings (SSSR count). The van der Waals surface area contributed by atoms with Gasteiger partial charge >= 0.3 is 0 Å². The van der Waals surface area contributed by atoms with Crippen molar-refractivity contribution in [3.8, 4) is 0 Å². The van der Waals surface area contributed by atoms with E-state index in [9.17, 15) is 12.8 Å². The van der Waals surface area contributed by atoms with Gasteiger partial charge in [-0.15, -0.1) is 11.6 Å². The van der Waals surface area contributed by atoms with Crippen LogP contribution < -0.4 is 4.72 Å². The minimum atomic E-state index is -3.74. The highest BCUT2D eigenvalue weighted by atomic mass is 35.5. The first-order valence-electron chi connectivity index (χ1n) is 6.72. The van der Waals surface area contributed by atoms with E-state index < -0.39 is 21.4 Å². The van der Waals surface area contributed by atoms with Crippen molar-refractivity contribution in [2.75, 3.05) is 5.88 Å². The topological polar surface area (TPSA) is 46.2 Å². The summed E-state index contributed by atoms with van der Waals surface area (Å²) in [5.74, 6) is 0.254. The molecule has 0 spiro atoms. The van der Waals surface area contributed by atoms with E-state index in [1.54, 1.807) is 0 Å². The molecule has 0 bridgehead atoms. The molecule has 20 heavy (non-hydrogen) atoms. The Balaban J connectivity index is 2.22. The van der Waals surface area contributed by atoms with E-state index in [4.69, 9.17) is 11.6 Å². The van der Waals surface area contributed by atoms with Crippen molar-refractivity contribution in [3.05, 3.63) is 30.1 Å². The number of halogens is 2. The lowest BCUT2D eigenvalue weighted by Crippen LogP contribution is -2.51. The second kappa shape index (κ2) is 6.00. The van der Waals surface area contributed by atoms with Gasteiger partial charge in [0, 0.05) is 11.4 Å². The molecule has 6 heteroatoms. The number of benzene rings is 1. The highest BCUT2D eigenvalue weighted by Crippen LogP contribution is 2.34. The van der Waals surface area contributed by atoms with Gasteiger partial charge in [0.25, 0.3) is 0 Å². The highest BCUT2D eigenvalue weighted by molar-refractivity contribution is 7.89. The number of rotatable bonds is 4. The van der Waals surface area contributed by atoms with Crippen LogP contribution in [0.2, 0.25) is 0 Å². The molecule has 0 saturated heterocycles. The van der Waals surface area contributed by atoms with Crippen LogP contribution in [0.4, 0.5) is 4.39 Å². The van der Waals surface area contributed by atoms with Crippen LogP contribution >= 0.6 is 11.6 Å². The van der Waals surface area contributed by atoms with Crippen molar-refractivity contribution in [2.24, 2.45) is 5.92 Å². The summed E-state index contributed by atoms with van der Waals surface area (Å²) < 4.78 is 40.6. The number of hydrogen-bond acceptors (Lipinski definition) is 2. The van der Waals surface area contributed by atoms with E-state index in [2.05, 4.69) is 11.6 Å². The Bertz CT molecular complexity index is 568. The van der Waals surface area contributed by atoms with Gasteiger partial charge in [-0.05, 0) is 49.8 Å². The molecule has 0 aromatic heterocycles. The lowest BCUT2D eigenvalue weighted by Gasteiger charge is -2.38. The van der Waals surface area contributed by atoms with Crippen LogP contribution in [0.15, 0.2) is 29.2 Å². The highest BCUT2D eigenvalue weighted by Gasteiger charge is 2.37. The molecule has 1 aliphatic carbocycles. The van der Waals surface area contributed by atoms with E-state index in [1.165, 1.54) is 18.2 Å². The van der Waals surface area contributed by atoms with Gasteiger partial charge in [-0.25, -0.2) is 17.5 Å². The lowest BCUT2D eigenvalue weighted by molar-refractivity contribution is 0.247. The summed E-state index contributed by atoms with van der Waals surface area (Å²) >= 11 is 6.01. The number of hydrogen-bond donors (Lipinski definition) is 1. The summed E-state index contributed by atoms with van der Waals surface area (Å²) in [5.41, 5.74) is -0.612. The average Bonchev–Trinajstić information content (AvgIpc) is 2.41. The molecular formula is C14H19ClFNO2S. The Morgan fingerprint density at radius 2 is 2.05 bits per heavy atom. The fourth-order valence-electron chi connectivity index (χ4n) is 2.56. The molecule has 1 aromatic carbocycles. The average molecular weight is 320 g/mol. The Labute approximate surface area is 124 Å². The standard InChI is InChI=1S/C14H19ClFNO2S/c1-11-5-7-14(10-15,8-6-11)17-20(18,19)13-4-2-3-12(16)9-13/h2-4,9,11,17H,5-8,10H2,1H3. The first-order valence-corrected chi connectivity index (χ1v) is 8.74. The predicted molar refractivity (Wildman–Crippen MR) is 77.8 cm³/mol. The van der Waals surface area contributed by atoms with E-state index in [-0.39, 0.29) is 10.8 Å². The predicted octanol–water partition coefficient (Wildman–Crippen LogP) is 3.29. The van der Waals surface area contributed by atoms with Crippen molar-refractivity contribution in [1.29, 1.82) is 0 Å². The smallest absolute Gasteiger partial charge is 0.207 e. The van der Waals surface area contributed by atoms with Crippen molar-refractivity contribution in [2.45, 2.75) is 43.0 Å². The first-order chi connectivity index (χ1) is 9.37. The van der Waals surface area contributed by atoms with E-state index >= 15 is 0 Å². The van der Waals surface area contributed by atoms with Crippen LogP contribution in [-0.4, -0.2) is 19.8 Å². The molecule has 112 valence electrons. The Kier molecular flexibility index (Phi) is 4.72. The maximum absolute atomic E-state index is 13.2.